The van der Waals surface area contributed by atoms with Crippen LogP contribution in [0.3, 0.4) is 0 Å². The molecular formula is C13H19N5O2. The van der Waals surface area contributed by atoms with Crippen molar-refractivity contribution in [3.63, 3.8) is 0 Å². The topological polar surface area (TPSA) is 97.9 Å². The second-order valence-electron chi connectivity index (χ2n) is 4.53. The van der Waals surface area contributed by atoms with E-state index in [9.17, 15) is 4.79 Å². The predicted molar refractivity (Wildman–Crippen MR) is 72.6 cm³/mol. The maximum atomic E-state index is 12.1. The van der Waals surface area contributed by atoms with E-state index < -0.39 is 0 Å². The summed E-state index contributed by atoms with van der Waals surface area (Å²) >= 11 is 0. The third-order valence-corrected chi connectivity index (χ3v) is 3.03. The van der Waals surface area contributed by atoms with Gasteiger partial charge in [-0.2, -0.15) is 5.10 Å². The van der Waals surface area contributed by atoms with Crippen molar-refractivity contribution >= 4 is 5.91 Å². The molecule has 0 unspecified atom stereocenters. The van der Waals surface area contributed by atoms with Crippen LogP contribution < -0.4 is 0 Å². The Hall–Kier alpha value is -2.15. The van der Waals surface area contributed by atoms with Crippen LogP contribution in [0.15, 0.2) is 24.8 Å². The van der Waals surface area contributed by atoms with E-state index in [0.29, 0.717) is 19.5 Å². The zero-order chi connectivity index (χ0) is 14.2. The first-order chi connectivity index (χ1) is 9.79. The Bertz CT molecular complexity index is 495. The number of carbonyl (C=O) groups is 1. The number of aromatic amines is 2. The molecule has 0 radical (unpaired) electrons. The van der Waals surface area contributed by atoms with Gasteiger partial charge >= 0.3 is 0 Å². The van der Waals surface area contributed by atoms with Crippen molar-refractivity contribution in [3.05, 3.63) is 36.2 Å². The number of nitrogens with one attached hydrogen (secondary N) is 2. The first kappa shape index (κ1) is 14.3. The summed E-state index contributed by atoms with van der Waals surface area (Å²) in [7, 11) is 0. The summed E-state index contributed by atoms with van der Waals surface area (Å²) in [5.41, 5.74) is 1.09. The molecule has 2 aromatic rings. The quantitative estimate of drug-likeness (QED) is 0.653. The highest BCUT2D eigenvalue weighted by Crippen LogP contribution is 2.07. The standard InChI is InChI=1S/C13H19N5O2/c19-7-6-18(10-12-14-4-5-15-12)13(20)3-1-2-11-8-16-17-9-11/h4-5,8-9,19H,1-3,6-7,10H2,(H,14,15)(H,16,17). The second kappa shape index (κ2) is 7.44. The number of aliphatic hydroxyl groups is 1. The smallest absolute Gasteiger partial charge is 0.223 e. The highest BCUT2D eigenvalue weighted by molar-refractivity contribution is 5.76. The minimum atomic E-state index is -0.0474. The van der Waals surface area contributed by atoms with Crippen LogP contribution in [0.5, 0.6) is 0 Å². The minimum absolute atomic E-state index is 0.0268. The normalized spacial score (nSPS) is 10.7. The molecule has 0 aliphatic carbocycles. The van der Waals surface area contributed by atoms with Gasteiger partial charge in [0, 0.05) is 31.6 Å². The lowest BCUT2D eigenvalue weighted by atomic mass is 10.1. The highest BCUT2D eigenvalue weighted by atomic mass is 16.3. The SMILES string of the molecule is O=C(CCCc1cn[nH]c1)N(CCO)Cc1ncc[nH]1. The molecule has 0 aliphatic heterocycles. The molecular weight excluding hydrogens is 258 g/mol. The fourth-order valence-corrected chi connectivity index (χ4v) is 1.99. The lowest BCUT2D eigenvalue weighted by molar-refractivity contribution is -0.132. The van der Waals surface area contributed by atoms with Crippen LogP contribution in [0.1, 0.15) is 24.2 Å². The molecule has 20 heavy (non-hydrogen) atoms. The Labute approximate surface area is 117 Å². The van der Waals surface area contributed by atoms with Crippen LogP contribution in [-0.4, -0.2) is 49.2 Å². The Morgan fingerprint density at radius 1 is 1.45 bits per heavy atom. The van der Waals surface area contributed by atoms with Crippen LogP contribution in [0.4, 0.5) is 0 Å². The van der Waals surface area contributed by atoms with Crippen LogP contribution in [0.25, 0.3) is 0 Å². The molecule has 0 spiro atoms. The van der Waals surface area contributed by atoms with Gasteiger partial charge in [-0.05, 0) is 18.4 Å². The molecule has 2 heterocycles. The van der Waals surface area contributed by atoms with Crippen molar-refractivity contribution < 1.29 is 9.90 Å². The van der Waals surface area contributed by atoms with E-state index in [0.717, 1.165) is 24.2 Å². The maximum Gasteiger partial charge on any atom is 0.223 e. The Kier molecular flexibility index (Phi) is 5.31. The predicted octanol–water partition coefficient (Wildman–Crippen LogP) is 0.477. The zero-order valence-corrected chi connectivity index (χ0v) is 11.2. The molecule has 0 saturated heterocycles. The van der Waals surface area contributed by atoms with E-state index >= 15 is 0 Å². The summed E-state index contributed by atoms with van der Waals surface area (Å²) < 4.78 is 0. The molecule has 0 aliphatic rings. The van der Waals surface area contributed by atoms with E-state index in [1.165, 1.54) is 0 Å². The van der Waals surface area contributed by atoms with Gasteiger partial charge in [0.25, 0.3) is 0 Å². The number of aromatic nitrogens is 4. The first-order valence-corrected chi connectivity index (χ1v) is 6.64. The Balaban J connectivity index is 1.80. The van der Waals surface area contributed by atoms with Crippen LogP contribution >= 0.6 is 0 Å². The number of carbonyl (C=O) groups excluding carboxylic acids is 1. The van der Waals surface area contributed by atoms with Crippen molar-refractivity contribution in [2.45, 2.75) is 25.8 Å². The lowest BCUT2D eigenvalue weighted by Gasteiger charge is -2.20. The summed E-state index contributed by atoms with van der Waals surface area (Å²) in [5, 5.41) is 15.7. The molecule has 7 nitrogen and oxygen atoms in total. The number of H-pyrrole nitrogens is 2. The third kappa shape index (κ3) is 4.20. The summed E-state index contributed by atoms with van der Waals surface area (Å²) in [6.07, 6.45) is 8.99. The molecule has 0 fully saturated rings. The van der Waals surface area contributed by atoms with Crippen molar-refractivity contribution in [2.24, 2.45) is 0 Å². The fourth-order valence-electron chi connectivity index (χ4n) is 1.99. The summed E-state index contributed by atoms with van der Waals surface area (Å²) in [6.45, 7) is 0.678. The largest absolute Gasteiger partial charge is 0.395 e. The molecule has 2 aromatic heterocycles. The number of amides is 1. The molecule has 1 amide bonds. The van der Waals surface area contributed by atoms with Gasteiger partial charge in [0.1, 0.15) is 5.82 Å². The number of hydrogen-bond acceptors (Lipinski definition) is 4. The second-order valence-corrected chi connectivity index (χ2v) is 4.53. The Morgan fingerprint density at radius 3 is 3.00 bits per heavy atom. The van der Waals surface area contributed by atoms with E-state index in [-0.39, 0.29) is 12.5 Å². The van der Waals surface area contributed by atoms with Gasteiger partial charge in [0.05, 0.1) is 19.3 Å². The zero-order valence-electron chi connectivity index (χ0n) is 11.2. The van der Waals surface area contributed by atoms with Gasteiger partial charge in [0.15, 0.2) is 0 Å². The minimum Gasteiger partial charge on any atom is -0.395 e. The van der Waals surface area contributed by atoms with Crippen molar-refractivity contribution in [3.8, 4) is 0 Å². The Morgan fingerprint density at radius 2 is 2.35 bits per heavy atom. The molecule has 0 aromatic carbocycles. The molecule has 7 heteroatoms. The third-order valence-electron chi connectivity index (χ3n) is 3.03. The molecule has 3 N–H and O–H groups in total. The van der Waals surface area contributed by atoms with Gasteiger partial charge in [-0.15, -0.1) is 0 Å². The number of imidazole rings is 1. The first-order valence-electron chi connectivity index (χ1n) is 6.64. The molecule has 0 atom stereocenters. The van der Waals surface area contributed by atoms with E-state index in [1.54, 1.807) is 23.5 Å². The van der Waals surface area contributed by atoms with Crippen LogP contribution in [0, 0.1) is 0 Å². The number of rotatable bonds is 8. The average Bonchev–Trinajstić information content (AvgIpc) is 3.11. The van der Waals surface area contributed by atoms with E-state index in [2.05, 4.69) is 20.2 Å². The summed E-state index contributed by atoms with van der Waals surface area (Å²) in [5.74, 6) is 0.751. The monoisotopic (exact) mass is 277 g/mol. The molecule has 108 valence electrons. The molecule has 0 saturated carbocycles. The average molecular weight is 277 g/mol. The molecule has 2 rings (SSSR count). The highest BCUT2D eigenvalue weighted by Gasteiger charge is 2.14. The number of aryl methyl sites for hydroxylation is 1. The van der Waals surface area contributed by atoms with Crippen LogP contribution in [-0.2, 0) is 17.8 Å². The van der Waals surface area contributed by atoms with Gasteiger partial charge in [-0.3, -0.25) is 9.89 Å². The maximum absolute atomic E-state index is 12.1. The number of nitrogens with zero attached hydrogens (tertiary/aromatic N) is 3. The van der Waals surface area contributed by atoms with E-state index in [4.69, 9.17) is 5.11 Å². The van der Waals surface area contributed by atoms with Crippen molar-refractivity contribution in [1.29, 1.82) is 0 Å². The van der Waals surface area contributed by atoms with Gasteiger partial charge in [-0.25, -0.2) is 4.98 Å². The van der Waals surface area contributed by atoms with Crippen LogP contribution in [0.2, 0.25) is 0 Å². The fraction of sp³-hybridized carbons (Fsp3) is 0.462. The number of aliphatic hydroxyl groups excluding tert-OH is 1. The number of hydrogen-bond donors (Lipinski definition) is 3. The van der Waals surface area contributed by atoms with Gasteiger partial charge in [-0.1, -0.05) is 0 Å². The van der Waals surface area contributed by atoms with Crippen molar-refractivity contribution in [1.82, 2.24) is 25.1 Å². The molecule has 0 bridgehead atoms. The summed E-state index contributed by atoms with van der Waals surface area (Å²) in [4.78, 5) is 20.8. The van der Waals surface area contributed by atoms with Gasteiger partial charge in [0.2, 0.25) is 5.91 Å². The lowest BCUT2D eigenvalue weighted by Crippen LogP contribution is -2.33. The van der Waals surface area contributed by atoms with E-state index in [1.807, 2.05) is 6.20 Å². The summed E-state index contributed by atoms with van der Waals surface area (Å²) in [6, 6.07) is 0. The van der Waals surface area contributed by atoms with Crippen molar-refractivity contribution in [2.75, 3.05) is 13.2 Å². The van der Waals surface area contributed by atoms with Gasteiger partial charge < -0.3 is 15.0 Å².